The number of ketones is 1. The van der Waals surface area contributed by atoms with E-state index in [9.17, 15) is 4.79 Å². The molecule has 3 heteroatoms. The van der Waals surface area contributed by atoms with Crippen LogP contribution < -0.4 is 10.1 Å². The Kier molecular flexibility index (Phi) is 5.24. The Bertz CT molecular complexity index is 1000. The van der Waals surface area contributed by atoms with Crippen LogP contribution in [0.15, 0.2) is 78.5 Å². The van der Waals surface area contributed by atoms with Crippen LogP contribution in [0.3, 0.4) is 0 Å². The zero-order chi connectivity index (χ0) is 19.3. The molecule has 3 nitrogen and oxygen atoms in total. The Morgan fingerprint density at radius 3 is 2.43 bits per heavy atom. The fourth-order valence-electron chi connectivity index (χ4n) is 3.48. The molecule has 0 fully saturated rings. The second kappa shape index (κ2) is 8.13. The maximum absolute atomic E-state index is 12.5. The maximum atomic E-state index is 12.5. The highest BCUT2D eigenvalue weighted by molar-refractivity contribution is 6.08. The molecule has 0 atom stereocenters. The SMILES string of the molecule is COc1ccc2c(c1)C=C(NCc1ccc(C(=O)c3ccccc3)cc1)CC2. The van der Waals surface area contributed by atoms with Crippen molar-refractivity contribution < 1.29 is 9.53 Å². The van der Waals surface area contributed by atoms with Gasteiger partial charge in [-0.05, 0) is 47.7 Å². The summed E-state index contributed by atoms with van der Waals surface area (Å²) in [6, 6.07) is 23.5. The van der Waals surface area contributed by atoms with Crippen LogP contribution in [0.2, 0.25) is 0 Å². The fraction of sp³-hybridized carbons (Fsp3) is 0.160. The predicted molar refractivity (Wildman–Crippen MR) is 112 cm³/mol. The highest BCUT2D eigenvalue weighted by Crippen LogP contribution is 2.26. The van der Waals surface area contributed by atoms with Crippen LogP contribution in [0.4, 0.5) is 0 Å². The van der Waals surface area contributed by atoms with E-state index in [0.717, 1.165) is 36.3 Å². The summed E-state index contributed by atoms with van der Waals surface area (Å²) in [6.45, 7) is 0.741. The number of carbonyl (C=O) groups is 1. The lowest BCUT2D eigenvalue weighted by Crippen LogP contribution is -2.16. The standard InChI is InChI=1S/C25H23NO2/c1-28-24-14-12-19-11-13-23(15-22(19)16-24)26-17-18-7-9-21(10-8-18)25(27)20-5-3-2-4-6-20/h2-10,12,14-16,26H,11,13,17H2,1H3. The summed E-state index contributed by atoms with van der Waals surface area (Å²) in [5, 5.41) is 3.53. The molecule has 1 aliphatic rings. The average molecular weight is 369 g/mol. The van der Waals surface area contributed by atoms with Crippen molar-refractivity contribution in [3.63, 3.8) is 0 Å². The van der Waals surface area contributed by atoms with Gasteiger partial charge in [-0.3, -0.25) is 4.79 Å². The summed E-state index contributed by atoms with van der Waals surface area (Å²) in [5.74, 6) is 0.940. The molecule has 0 unspecified atom stereocenters. The minimum Gasteiger partial charge on any atom is -0.497 e. The first-order valence-corrected chi connectivity index (χ1v) is 9.53. The van der Waals surface area contributed by atoms with E-state index in [4.69, 9.17) is 4.74 Å². The van der Waals surface area contributed by atoms with Crippen molar-refractivity contribution in [2.75, 3.05) is 7.11 Å². The Hall–Kier alpha value is -3.33. The molecule has 0 radical (unpaired) electrons. The van der Waals surface area contributed by atoms with E-state index in [-0.39, 0.29) is 5.78 Å². The molecule has 4 rings (SSSR count). The van der Waals surface area contributed by atoms with Crippen molar-refractivity contribution in [2.45, 2.75) is 19.4 Å². The van der Waals surface area contributed by atoms with Gasteiger partial charge in [-0.1, -0.05) is 60.7 Å². The Morgan fingerprint density at radius 2 is 1.68 bits per heavy atom. The van der Waals surface area contributed by atoms with Crippen molar-refractivity contribution in [3.8, 4) is 5.75 Å². The minimum atomic E-state index is 0.0562. The molecule has 28 heavy (non-hydrogen) atoms. The fourth-order valence-corrected chi connectivity index (χ4v) is 3.48. The summed E-state index contributed by atoms with van der Waals surface area (Å²) < 4.78 is 5.33. The number of rotatable bonds is 6. The first-order chi connectivity index (χ1) is 13.7. The zero-order valence-corrected chi connectivity index (χ0v) is 15.9. The van der Waals surface area contributed by atoms with E-state index < -0.39 is 0 Å². The van der Waals surface area contributed by atoms with Crippen LogP contribution in [0.1, 0.15) is 39.0 Å². The predicted octanol–water partition coefficient (Wildman–Crippen LogP) is 5.00. The van der Waals surface area contributed by atoms with Crippen LogP contribution in [-0.2, 0) is 13.0 Å². The number of hydrogen-bond acceptors (Lipinski definition) is 3. The molecule has 0 aliphatic heterocycles. The van der Waals surface area contributed by atoms with E-state index in [0.29, 0.717) is 5.56 Å². The summed E-state index contributed by atoms with van der Waals surface area (Å²) >= 11 is 0. The van der Waals surface area contributed by atoms with E-state index >= 15 is 0 Å². The first-order valence-electron chi connectivity index (χ1n) is 9.53. The van der Waals surface area contributed by atoms with Gasteiger partial charge < -0.3 is 10.1 Å². The summed E-state index contributed by atoms with van der Waals surface area (Å²) in [4.78, 5) is 12.5. The molecule has 0 spiro atoms. The number of ether oxygens (including phenoxy) is 1. The number of carbonyl (C=O) groups excluding carboxylic acids is 1. The summed E-state index contributed by atoms with van der Waals surface area (Å²) in [7, 11) is 1.69. The molecule has 1 N–H and O–H groups in total. The lowest BCUT2D eigenvalue weighted by Gasteiger charge is -2.19. The van der Waals surface area contributed by atoms with Gasteiger partial charge in [-0.2, -0.15) is 0 Å². The van der Waals surface area contributed by atoms with Gasteiger partial charge in [0.05, 0.1) is 7.11 Å². The van der Waals surface area contributed by atoms with Gasteiger partial charge in [-0.25, -0.2) is 0 Å². The lowest BCUT2D eigenvalue weighted by molar-refractivity contribution is 0.103. The minimum absolute atomic E-state index is 0.0562. The molecule has 0 saturated heterocycles. The van der Waals surface area contributed by atoms with Crippen molar-refractivity contribution >= 4 is 11.9 Å². The monoisotopic (exact) mass is 369 g/mol. The quantitative estimate of drug-likeness (QED) is 0.621. The number of hydrogen-bond donors (Lipinski definition) is 1. The molecule has 1 aliphatic carbocycles. The second-order valence-electron chi connectivity index (χ2n) is 6.98. The third-order valence-corrected chi connectivity index (χ3v) is 5.12. The van der Waals surface area contributed by atoms with Gasteiger partial charge in [0, 0.05) is 23.4 Å². The van der Waals surface area contributed by atoms with Crippen LogP contribution in [0, 0.1) is 0 Å². The van der Waals surface area contributed by atoms with Crippen molar-refractivity contribution in [2.24, 2.45) is 0 Å². The first kappa shape index (κ1) is 18.1. The normalized spacial score (nSPS) is 12.7. The van der Waals surface area contributed by atoms with E-state index in [1.165, 1.54) is 16.8 Å². The van der Waals surface area contributed by atoms with E-state index in [1.807, 2.05) is 60.7 Å². The number of methoxy groups -OCH3 is 1. The zero-order valence-electron chi connectivity index (χ0n) is 15.9. The average Bonchev–Trinajstić information content (AvgIpc) is 2.77. The van der Waals surface area contributed by atoms with Gasteiger partial charge in [0.25, 0.3) is 0 Å². The van der Waals surface area contributed by atoms with Crippen molar-refractivity contribution in [3.05, 3.63) is 106 Å². The second-order valence-corrected chi connectivity index (χ2v) is 6.98. The maximum Gasteiger partial charge on any atom is 0.193 e. The van der Waals surface area contributed by atoms with Gasteiger partial charge >= 0.3 is 0 Å². The highest BCUT2D eigenvalue weighted by Gasteiger charge is 2.12. The van der Waals surface area contributed by atoms with Crippen molar-refractivity contribution in [1.82, 2.24) is 5.32 Å². The molecular formula is C25H23NO2. The molecule has 0 amide bonds. The van der Waals surface area contributed by atoms with Gasteiger partial charge in [0.1, 0.15) is 5.75 Å². The Labute approximate surface area is 165 Å². The smallest absolute Gasteiger partial charge is 0.193 e. The molecular weight excluding hydrogens is 346 g/mol. The molecule has 0 bridgehead atoms. The molecule has 0 saturated carbocycles. The number of aryl methyl sites for hydroxylation is 1. The summed E-state index contributed by atoms with van der Waals surface area (Å²) in [5.41, 5.74) is 6.39. The highest BCUT2D eigenvalue weighted by atomic mass is 16.5. The van der Waals surface area contributed by atoms with Crippen LogP contribution in [-0.4, -0.2) is 12.9 Å². The van der Waals surface area contributed by atoms with Crippen molar-refractivity contribution in [1.29, 1.82) is 0 Å². The van der Waals surface area contributed by atoms with Crippen LogP contribution >= 0.6 is 0 Å². The molecule has 0 aromatic heterocycles. The molecule has 0 heterocycles. The number of benzene rings is 3. The summed E-state index contributed by atoms with van der Waals surface area (Å²) in [6.07, 6.45) is 4.24. The third kappa shape index (κ3) is 3.99. The lowest BCUT2D eigenvalue weighted by atomic mass is 9.95. The number of allylic oxidation sites excluding steroid dienone is 1. The van der Waals surface area contributed by atoms with Gasteiger partial charge in [0.2, 0.25) is 0 Å². The largest absolute Gasteiger partial charge is 0.497 e. The van der Waals surface area contributed by atoms with Gasteiger partial charge in [-0.15, -0.1) is 0 Å². The van der Waals surface area contributed by atoms with Crippen LogP contribution in [0.25, 0.3) is 6.08 Å². The number of fused-ring (bicyclic) bond motifs is 1. The third-order valence-electron chi connectivity index (χ3n) is 5.12. The number of nitrogens with one attached hydrogen (secondary N) is 1. The van der Waals surface area contributed by atoms with Gasteiger partial charge in [0.15, 0.2) is 5.78 Å². The molecule has 3 aromatic rings. The van der Waals surface area contributed by atoms with E-state index in [2.05, 4.69) is 23.5 Å². The van der Waals surface area contributed by atoms with Crippen LogP contribution in [0.5, 0.6) is 5.75 Å². The molecule has 140 valence electrons. The topological polar surface area (TPSA) is 38.3 Å². The van der Waals surface area contributed by atoms with E-state index in [1.54, 1.807) is 7.11 Å². The Morgan fingerprint density at radius 1 is 0.929 bits per heavy atom. The molecule has 3 aromatic carbocycles. The Balaban J connectivity index is 1.41.